The van der Waals surface area contributed by atoms with E-state index in [0.717, 1.165) is 12.1 Å². The minimum absolute atomic E-state index is 0.0931. The predicted octanol–water partition coefficient (Wildman–Crippen LogP) is 5.40. The van der Waals surface area contributed by atoms with E-state index in [0.29, 0.717) is 12.1 Å². The fourth-order valence-corrected chi connectivity index (χ4v) is 2.39. The first-order chi connectivity index (χ1) is 10.5. The highest BCUT2D eigenvalue weighted by Gasteiger charge is 2.17. The van der Waals surface area contributed by atoms with E-state index in [9.17, 15) is 17.6 Å². The third-order valence-corrected chi connectivity index (χ3v) is 3.31. The van der Waals surface area contributed by atoms with E-state index >= 15 is 0 Å². The van der Waals surface area contributed by atoms with Crippen molar-refractivity contribution in [1.82, 2.24) is 0 Å². The van der Waals surface area contributed by atoms with Crippen LogP contribution < -0.4 is 0 Å². The number of furan rings is 2. The summed E-state index contributed by atoms with van der Waals surface area (Å²) >= 11 is 0. The minimum Gasteiger partial charge on any atom is -0.450 e. The molecule has 0 aliphatic carbocycles. The van der Waals surface area contributed by atoms with Crippen molar-refractivity contribution in [1.29, 1.82) is 0 Å². The molecule has 0 saturated carbocycles. The van der Waals surface area contributed by atoms with Gasteiger partial charge in [-0.3, -0.25) is 0 Å². The standard InChI is InChI=1S/C16H6F4O2/c17-9-1-7-3-13(21-15(7)11(19)5-9)14-4-8-2-10(18)6-12(20)16(8)22-14/h1-6H. The molecule has 0 amide bonds. The number of hydrogen-bond acceptors (Lipinski definition) is 2. The van der Waals surface area contributed by atoms with Gasteiger partial charge < -0.3 is 8.83 Å². The highest BCUT2D eigenvalue weighted by Crippen LogP contribution is 2.34. The van der Waals surface area contributed by atoms with Crippen LogP contribution in [0.1, 0.15) is 0 Å². The molecule has 110 valence electrons. The fraction of sp³-hybridized carbons (Fsp3) is 0. The van der Waals surface area contributed by atoms with Crippen LogP contribution in [0, 0.1) is 23.3 Å². The van der Waals surface area contributed by atoms with Crippen LogP contribution in [-0.2, 0) is 0 Å². The minimum atomic E-state index is -0.852. The molecular formula is C16H6F4O2. The first kappa shape index (κ1) is 12.9. The molecule has 6 heteroatoms. The topological polar surface area (TPSA) is 26.3 Å². The van der Waals surface area contributed by atoms with Crippen molar-refractivity contribution < 1.29 is 26.4 Å². The average molecular weight is 306 g/mol. The van der Waals surface area contributed by atoms with Crippen LogP contribution in [0.15, 0.2) is 45.2 Å². The molecule has 0 N–H and O–H groups in total. The van der Waals surface area contributed by atoms with Crippen LogP contribution >= 0.6 is 0 Å². The van der Waals surface area contributed by atoms with Gasteiger partial charge in [-0.05, 0) is 24.3 Å². The quantitative estimate of drug-likeness (QED) is 0.440. The molecule has 0 fully saturated rings. The smallest absolute Gasteiger partial charge is 0.170 e. The Morgan fingerprint density at radius 1 is 0.545 bits per heavy atom. The van der Waals surface area contributed by atoms with Crippen molar-refractivity contribution in [2.75, 3.05) is 0 Å². The Balaban J connectivity index is 1.95. The van der Waals surface area contributed by atoms with E-state index in [-0.39, 0.29) is 33.5 Å². The molecule has 0 atom stereocenters. The molecule has 0 aliphatic rings. The highest BCUT2D eigenvalue weighted by atomic mass is 19.1. The molecule has 0 unspecified atom stereocenters. The molecule has 0 aliphatic heterocycles. The molecule has 4 rings (SSSR count). The van der Waals surface area contributed by atoms with Gasteiger partial charge in [0.2, 0.25) is 0 Å². The first-order valence-corrected chi connectivity index (χ1v) is 6.29. The Hall–Kier alpha value is -2.76. The first-order valence-electron chi connectivity index (χ1n) is 6.29. The Morgan fingerprint density at radius 3 is 1.36 bits per heavy atom. The van der Waals surface area contributed by atoms with Gasteiger partial charge in [-0.1, -0.05) is 0 Å². The Kier molecular flexibility index (Phi) is 2.57. The van der Waals surface area contributed by atoms with E-state index in [1.54, 1.807) is 0 Å². The van der Waals surface area contributed by atoms with Crippen molar-refractivity contribution in [3.05, 3.63) is 59.7 Å². The Bertz CT molecular complexity index is 946. The van der Waals surface area contributed by atoms with Gasteiger partial charge >= 0.3 is 0 Å². The third kappa shape index (κ3) is 1.88. The van der Waals surface area contributed by atoms with Gasteiger partial charge in [0.25, 0.3) is 0 Å². The molecule has 2 aromatic heterocycles. The van der Waals surface area contributed by atoms with Gasteiger partial charge in [0.1, 0.15) is 11.6 Å². The zero-order valence-electron chi connectivity index (χ0n) is 10.8. The van der Waals surface area contributed by atoms with Crippen LogP contribution in [0.5, 0.6) is 0 Å². The van der Waals surface area contributed by atoms with Crippen molar-refractivity contribution in [2.24, 2.45) is 0 Å². The number of halogens is 4. The van der Waals surface area contributed by atoms with Crippen molar-refractivity contribution in [3.63, 3.8) is 0 Å². The van der Waals surface area contributed by atoms with Gasteiger partial charge in [-0.2, -0.15) is 0 Å². The summed E-state index contributed by atoms with van der Waals surface area (Å²) in [4.78, 5) is 0. The van der Waals surface area contributed by atoms with Crippen molar-refractivity contribution in [3.8, 4) is 11.5 Å². The summed E-state index contributed by atoms with van der Waals surface area (Å²) in [5.74, 6) is -3.00. The lowest BCUT2D eigenvalue weighted by Gasteiger charge is -1.92. The normalized spacial score (nSPS) is 11.6. The maximum Gasteiger partial charge on any atom is 0.170 e. The fourth-order valence-electron chi connectivity index (χ4n) is 2.39. The van der Waals surface area contributed by atoms with Gasteiger partial charge in [-0.15, -0.1) is 0 Å². The highest BCUT2D eigenvalue weighted by molar-refractivity contribution is 5.86. The summed E-state index contributed by atoms with van der Waals surface area (Å²) in [7, 11) is 0. The van der Waals surface area contributed by atoms with Gasteiger partial charge in [-0.25, -0.2) is 17.6 Å². The van der Waals surface area contributed by atoms with E-state index in [2.05, 4.69) is 0 Å². The van der Waals surface area contributed by atoms with Crippen LogP contribution in [0.2, 0.25) is 0 Å². The Labute approximate surface area is 120 Å². The molecule has 4 aromatic rings. The largest absolute Gasteiger partial charge is 0.450 e. The van der Waals surface area contributed by atoms with E-state index in [4.69, 9.17) is 8.83 Å². The summed E-state index contributed by atoms with van der Waals surface area (Å²) in [6, 6.07) is 6.34. The Morgan fingerprint density at radius 2 is 0.955 bits per heavy atom. The second-order valence-corrected chi connectivity index (χ2v) is 4.83. The molecule has 0 bridgehead atoms. The second-order valence-electron chi connectivity index (χ2n) is 4.83. The molecular weight excluding hydrogens is 300 g/mol. The third-order valence-electron chi connectivity index (χ3n) is 3.31. The molecule has 0 spiro atoms. The average Bonchev–Trinajstić information content (AvgIpc) is 3.01. The SMILES string of the molecule is Fc1cc(F)c2oc(-c3cc4cc(F)cc(F)c4o3)cc2c1. The van der Waals surface area contributed by atoms with Crippen LogP contribution in [-0.4, -0.2) is 0 Å². The lowest BCUT2D eigenvalue weighted by Crippen LogP contribution is -1.78. The monoisotopic (exact) mass is 306 g/mol. The number of rotatable bonds is 1. The zero-order valence-corrected chi connectivity index (χ0v) is 10.8. The second kappa shape index (κ2) is 4.37. The summed E-state index contributed by atoms with van der Waals surface area (Å²) < 4.78 is 64.2. The van der Waals surface area contributed by atoms with E-state index in [1.165, 1.54) is 12.1 Å². The van der Waals surface area contributed by atoms with Crippen LogP contribution in [0.25, 0.3) is 33.5 Å². The van der Waals surface area contributed by atoms with E-state index < -0.39 is 23.3 Å². The molecule has 0 saturated heterocycles. The molecule has 2 aromatic carbocycles. The lowest BCUT2D eigenvalue weighted by atomic mass is 10.2. The van der Waals surface area contributed by atoms with Gasteiger partial charge in [0.05, 0.1) is 0 Å². The summed E-state index contributed by atoms with van der Waals surface area (Å²) in [6.45, 7) is 0. The number of hydrogen-bond donors (Lipinski definition) is 0. The maximum atomic E-state index is 13.6. The molecule has 0 radical (unpaired) electrons. The molecule has 2 nitrogen and oxygen atoms in total. The van der Waals surface area contributed by atoms with Gasteiger partial charge in [0.15, 0.2) is 34.3 Å². The van der Waals surface area contributed by atoms with Crippen LogP contribution in [0.4, 0.5) is 17.6 Å². The van der Waals surface area contributed by atoms with Gasteiger partial charge in [0, 0.05) is 22.9 Å². The number of benzene rings is 2. The lowest BCUT2D eigenvalue weighted by molar-refractivity contribution is 0.524. The molecule has 22 heavy (non-hydrogen) atoms. The van der Waals surface area contributed by atoms with E-state index in [1.807, 2.05) is 0 Å². The van der Waals surface area contributed by atoms with Crippen molar-refractivity contribution in [2.45, 2.75) is 0 Å². The van der Waals surface area contributed by atoms with Crippen molar-refractivity contribution >= 4 is 21.9 Å². The predicted molar refractivity (Wildman–Crippen MR) is 71.3 cm³/mol. The number of fused-ring (bicyclic) bond motifs is 2. The summed E-state index contributed by atoms with van der Waals surface area (Å²) in [5, 5.41) is 0.416. The summed E-state index contributed by atoms with van der Waals surface area (Å²) in [6.07, 6.45) is 0. The van der Waals surface area contributed by atoms with Crippen LogP contribution in [0.3, 0.4) is 0 Å². The summed E-state index contributed by atoms with van der Waals surface area (Å²) in [5.41, 5.74) is -0.271. The maximum absolute atomic E-state index is 13.6. The molecule has 2 heterocycles. The zero-order chi connectivity index (χ0) is 15.4.